The van der Waals surface area contributed by atoms with Crippen molar-refractivity contribution >= 4 is 126 Å². The maximum Gasteiger partial charge on any atom is 0.242 e. The van der Waals surface area contributed by atoms with Crippen molar-refractivity contribution in [3.8, 4) is 23.0 Å². The minimum absolute atomic E-state index is 0.00652. The van der Waals surface area contributed by atoms with Crippen LogP contribution < -0.4 is 38.5 Å². The van der Waals surface area contributed by atoms with E-state index in [9.17, 15) is 71.6 Å². The van der Waals surface area contributed by atoms with Crippen molar-refractivity contribution in [3.05, 3.63) is 203 Å². The van der Waals surface area contributed by atoms with Crippen LogP contribution in [-0.2, 0) is 75.4 Å². The zero-order valence-corrected chi connectivity index (χ0v) is 86.5. The molecule has 10 aliphatic rings. The van der Waals surface area contributed by atoms with E-state index in [1.807, 2.05) is 137 Å². The topological polar surface area (TPSA) is 357 Å². The number of ketones is 4. The van der Waals surface area contributed by atoms with Crippen LogP contribution in [0.15, 0.2) is 158 Å². The van der Waals surface area contributed by atoms with Crippen molar-refractivity contribution in [1.82, 2.24) is 19.9 Å². The van der Waals surface area contributed by atoms with Gasteiger partial charge in [-0.2, -0.15) is 0 Å². The van der Waals surface area contributed by atoms with Crippen LogP contribution in [-0.4, -0.2) is 172 Å². The van der Waals surface area contributed by atoms with Gasteiger partial charge in [0, 0.05) is 108 Å². The van der Waals surface area contributed by atoms with E-state index in [1.165, 1.54) is 12.8 Å². The highest BCUT2D eigenvalue weighted by Crippen LogP contribution is 2.55. The number of allylic oxidation sites excluding steroid dienone is 1. The van der Waals surface area contributed by atoms with E-state index >= 15 is 0 Å². The number of pyridine rings is 4. The average molecular weight is 1990 g/mol. The molecule has 748 valence electrons. The Bertz CT molecular complexity index is 6510. The minimum atomic E-state index is -3.00. The largest absolute Gasteiger partial charge is 0.493 e. The molecule has 12 heterocycles. The number of benzene rings is 4. The molecule has 6 fully saturated rings. The lowest BCUT2D eigenvalue weighted by molar-refractivity contribution is -0.122. The monoisotopic (exact) mass is 1990 g/mol. The number of nitrogens with zero attached hydrogens (tertiary/aromatic N) is 8. The second-order valence-electron chi connectivity index (χ2n) is 44.3. The summed E-state index contributed by atoms with van der Waals surface area (Å²) in [6.07, 6.45) is 15.2. The minimum Gasteiger partial charge on any atom is -0.493 e. The number of fused-ring (bicyclic) bond motifs is 4. The first-order valence-corrected chi connectivity index (χ1v) is 55.8. The van der Waals surface area contributed by atoms with Gasteiger partial charge in [-0.1, -0.05) is 62.0 Å². The summed E-state index contributed by atoms with van der Waals surface area (Å²) >= 11 is 0. The Morgan fingerprint density at radius 1 is 0.371 bits per heavy atom. The Balaban J connectivity index is 0.000000141. The zero-order valence-electron chi connectivity index (χ0n) is 83.2. The predicted molar refractivity (Wildman–Crippen MR) is 540 cm³/mol. The summed E-state index contributed by atoms with van der Waals surface area (Å²) in [6.45, 7) is 36.9. The van der Waals surface area contributed by atoms with Crippen LogP contribution in [0.5, 0.6) is 23.0 Å². The molecule has 2 saturated carbocycles. The van der Waals surface area contributed by atoms with Gasteiger partial charge in [-0.05, 0) is 285 Å². The summed E-state index contributed by atoms with van der Waals surface area (Å²) in [7, 11) is -12.0. The molecular formula is C108H131FN8O19S4. The first-order valence-electron chi connectivity index (χ1n) is 48.6. The second kappa shape index (κ2) is 38.7. The molecule has 27 nitrogen and oxygen atoms in total. The number of sulfone groups is 4. The number of alkyl halides is 1. The van der Waals surface area contributed by atoms with E-state index in [-0.39, 0.29) is 134 Å². The van der Waals surface area contributed by atoms with Gasteiger partial charge in [-0.15, -0.1) is 0 Å². The number of hydrogen-bond acceptors (Lipinski definition) is 24. The van der Waals surface area contributed by atoms with Crippen molar-refractivity contribution in [2.75, 3.05) is 85.4 Å². The quantitative estimate of drug-likeness (QED) is 0.0432. The molecule has 140 heavy (non-hydrogen) atoms. The van der Waals surface area contributed by atoms with Gasteiger partial charge in [-0.3, -0.25) is 53.2 Å². The highest BCUT2D eigenvalue weighted by molar-refractivity contribution is 7.92. The fourth-order valence-corrected chi connectivity index (χ4v) is 26.7. The van der Waals surface area contributed by atoms with Crippen LogP contribution >= 0.6 is 0 Å². The third-order valence-electron chi connectivity index (χ3n) is 29.8. The van der Waals surface area contributed by atoms with Crippen LogP contribution in [0.3, 0.4) is 0 Å². The number of halogens is 1. The van der Waals surface area contributed by atoms with Crippen LogP contribution in [0.1, 0.15) is 277 Å². The van der Waals surface area contributed by atoms with Crippen molar-refractivity contribution < 1.29 is 90.6 Å². The van der Waals surface area contributed by atoms with E-state index in [2.05, 4.69) is 54.2 Å². The molecule has 4 aromatic heterocycles. The Kier molecular flexibility index (Phi) is 28.6. The van der Waals surface area contributed by atoms with Gasteiger partial charge in [0.25, 0.3) is 0 Å². The number of hydrogen-bond donors (Lipinski definition) is 0. The van der Waals surface area contributed by atoms with Gasteiger partial charge in [0.1, 0.15) is 97.9 Å². The highest BCUT2D eigenvalue weighted by atomic mass is 32.2. The van der Waals surface area contributed by atoms with Gasteiger partial charge in [-0.25, -0.2) is 58.0 Å². The van der Waals surface area contributed by atoms with E-state index in [0.29, 0.717) is 182 Å². The molecule has 18 rings (SSSR count). The number of aromatic nitrogens is 4. The summed E-state index contributed by atoms with van der Waals surface area (Å²) < 4.78 is 132. The van der Waals surface area contributed by atoms with E-state index < -0.39 is 66.7 Å². The molecule has 4 aromatic carbocycles. The summed E-state index contributed by atoms with van der Waals surface area (Å²) in [5.41, 5.74) is 3.99. The number of Topliss-reactive ketones (excluding diaryl/α,β-unsaturated/α-hetero) is 4. The molecule has 0 atom stereocenters. The lowest BCUT2D eigenvalue weighted by Crippen LogP contribution is -2.33. The zero-order chi connectivity index (χ0) is 101. The first-order chi connectivity index (χ1) is 65.4. The SMILES string of the molecule is C=C1N(c2cc(OCC3(F)CC3)ccn2)c2ccc(C(=O)CC3(C)CCS(=O)(=O)CC3)cc2C1(C)C.CC(C)COc1ccnc(N2C(=O)C(C)(C)c3cc(C(=O)CC4(C)CCS(=O)(=O)CC4)ccc32)c1.CC(C)Oc1ccnc(N2C(=O)C(C)(C)c3cc(C(=O)CC4(C)CCS(=O)(=O)CC4)ccc32)c1.CC1(CC(=O)c2ccc3c(c2)C(C)(C)C(=O)N3c2cc(OCC3CC3)ccn2)CCS(=O)(=O)CC1. The molecule has 3 amide bonds. The first kappa shape index (κ1) is 103. The molecule has 0 N–H and O–H groups in total. The number of anilines is 8. The maximum absolute atomic E-state index is 14.0. The third-order valence-corrected chi connectivity index (χ3v) is 36.4. The normalized spacial score (nSPS) is 21.3. The molecule has 8 aromatic rings. The van der Waals surface area contributed by atoms with E-state index in [0.717, 1.165) is 39.3 Å². The molecule has 0 bridgehead atoms. The lowest BCUT2D eigenvalue weighted by Gasteiger charge is -2.32. The Morgan fingerprint density at radius 3 is 0.936 bits per heavy atom. The van der Waals surface area contributed by atoms with Crippen molar-refractivity contribution in [2.45, 2.75) is 247 Å². The average Bonchev–Trinajstić information content (AvgIpc) is 1.59. The Labute approximate surface area is 823 Å². The lowest BCUT2D eigenvalue weighted by atomic mass is 9.77. The van der Waals surface area contributed by atoms with Crippen molar-refractivity contribution in [2.24, 2.45) is 33.5 Å². The predicted octanol–water partition coefficient (Wildman–Crippen LogP) is 19.8. The summed E-state index contributed by atoms with van der Waals surface area (Å²) in [6, 6.07) is 36.0. The van der Waals surface area contributed by atoms with Gasteiger partial charge in [0.2, 0.25) is 17.7 Å². The van der Waals surface area contributed by atoms with Crippen molar-refractivity contribution in [3.63, 3.8) is 0 Å². The smallest absolute Gasteiger partial charge is 0.242 e. The standard InChI is InChI=1S/C28H33FN2O4S.C27H32N2O5S.C27H34N2O5S.C26H32N2O5S/c1-19-26(2,3)22-15-20(24(32)17-27(4)10-13-36(33,34)14-11-27)5-6-23(22)31(19)25-16-21(7-12-30-25)35-18-28(29)8-9-28;1-26(2)21-14-19(23(30)16-27(3)9-12-35(32,33)13-10-27)6-7-22(21)29(25(26)31)24-15-20(8-11-28-24)34-17-18-4-5-18;1-18(2)17-34-20-8-11-28-24(15-20)29-22-7-6-19(14-21(22)26(3,4)25(29)31)23(30)16-27(5)9-12-35(32,33)13-10-27;1-17(2)33-19-8-11-27-23(15-19)28-21-7-6-18(14-20(21)25(3,4)24(28)30)22(29)16-26(5)9-12-34(31,32)13-10-26/h5-7,12,15-16H,1,8-11,13-14,17-18H2,2-4H3;6-8,11,14-15,18H,4-5,9-10,12-13,16-17H2,1-3H3;6-8,11,14-15,18H,9-10,12-13,16-17H2,1-5H3;6-8,11,14-15,17H,9-10,12-13,16H2,1-5H3. The molecule has 0 unspecified atom stereocenters. The number of carbonyl (C=O) groups is 7. The Morgan fingerprint density at radius 2 is 0.643 bits per heavy atom. The molecule has 32 heteroatoms. The number of amides is 3. The number of rotatable bonds is 27. The highest BCUT2D eigenvalue weighted by Gasteiger charge is 2.52. The summed E-state index contributed by atoms with van der Waals surface area (Å²) in [5, 5.41) is 0. The maximum atomic E-state index is 14.0. The van der Waals surface area contributed by atoms with Crippen LogP contribution in [0.25, 0.3) is 0 Å². The number of carbonyl (C=O) groups excluding carboxylic acids is 7. The molecule has 2 aliphatic carbocycles. The molecule has 0 spiro atoms. The number of ether oxygens (including phenoxy) is 4. The molecule has 4 saturated heterocycles. The molecular weight excluding hydrogens is 1860 g/mol. The second-order valence-corrected chi connectivity index (χ2v) is 53.6. The van der Waals surface area contributed by atoms with Crippen molar-refractivity contribution in [1.29, 1.82) is 0 Å². The molecule has 8 aliphatic heterocycles. The Hall–Kier alpha value is -11.0. The van der Waals surface area contributed by atoms with Gasteiger partial charge < -0.3 is 18.9 Å². The van der Waals surface area contributed by atoms with E-state index in [1.54, 1.807) is 112 Å². The van der Waals surface area contributed by atoms with Crippen LogP contribution in [0, 0.1) is 33.5 Å². The molecule has 0 radical (unpaired) electrons. The van der Waals surface area contributed by atoms with E-state index in [4.69, 9.17) is 18.9 Å². The third kappa shape index (κ3) is 22.9. The fourth-order valence-electron chi connectivity index (χ4n) is 19.4. The van der Waals surface area contributed by atoms with Gasteiger partial charge in [0.15, 0.2) is 23.1 Å². The van der Waals surface area contributed by atoms with Gasteiger partial charge >= 0.3 is 0 Å². The van der Waals surface area contributed by atoms with Crippen LogP contribution in [0.2, 0.25) is 0 Å². The summed E-state index contributed by atoms with van der Waals surface area (Å²) in [5.74, 6) is 6.28. The summed E-state index contributed by atoms with van der Waals surface area (Å²) in [4.78, 5) is 118. The van der Waals surface area contributed by atoms with Gasteiger partial charge in [0.05, 0.1) is 104 Å². The van der Waals surface area contributed by atoms with Crippen LogP contribution in [0.4, 0.5) is 50.4 Å². The fraction of sp³-hybridized carbons (Fsp3) is 0.509.